The minimum atomic E-state index is -0.120. The van der Waals surface area contributed by atoms with Gasteiger partial charge in [-0.3, -0.25) is 15.0 Å². The lowest BCUT2D eigenvalue weighted by molar-refractivity contribution is -0.130. The predicted molar refractivity (Wildman–Crippen MR) is 93.2 cm³/mol. The number of hydrazine groups is 1. The third kappa shape index (κ3) is 3.81. The quantitative estimate of drug-likeness (QED) is 0.942. The lowest BCUT2D eigenvalue weighted by Crippen LogP contribution is -2.54. The van der Waals surface area contributed by atoms with Crippen molar-refractivity contribution in [3.63, 3.8) is 0 Å². The van der Waals surface area contributed by atoms with Gasteiger partial charge in [0.05, 0.1) is 0 Å². The molecule has 2 aromatic rings. The van der Waals surface area contributed by atoms with E-state index in [0.29, 0.717) is 31.7 Å². The number of rotatable bonds is 3. The van der Waals surface area contributed by atoms with Gasteiger partial charge in [0.25, 0.3) is 5.91 Å². The van der Waals surface area contributed by atoms with Gasteiger partial charge in [-0.2, -0.15) is 0 Å². The Morgan fingerprint density at radius 1 is 0.833 bits per heavy atom. The van der Waals surface area contributed by atoms with Crippen molar-refractivity contribution in [3.05, 3.63) is 60.2 Å². The molecule has 5 heteroatoms. The molecule has 0 bridgehead atoms. The molecule has 0 aromatic heterocycles. The highest BCUT2D eigenvalue weighted by Gasteiger charge is 2.20. The fourth-order valence-electron chi connectivity index (χ4n) is 2.79. The smallest absolute Gasteiger partial charge is 0.265 e. The van der Waals surface area contributed by atoms with Crippen LogP contribution in [0.25, 0.3) is 11.1 Å². The van der Waals surface area contributed by atoms with Crippen LogP contribution in [0, 0.1) is 0 Å². The number of nitrogens with one attached hydrogen (secondary N) is 1. The Kier molecular flexibility index (Phi) is 4.91. The van der Waals surface area contributed by atoms with Gasteiger partial charge in [-0.1, -0.05) is 42.5 Å². The minimum Gasteiger partial charge on any atom is -0.340 e. The van der Waals surface area contributed by atoms with E-state index in [1.165, 1.54) is 0 Å². The van der Waals surface area contributed by atoms with Gasteiger partial charge in [-0.05, 0) is 23.3 Å². The second-order valence-corrected chi connectivity index (χ2v) is 5.88. The average Bonchev–Trinajstić information content (AvgIpc) is 2.63. The first-order chi connectivity index (χ1) is 11.6. The number of carbonyl (C=O) groups excluding carboxylic acids is 2. The number of amides is 2. The van der Waals surface area contributed by atoms with Gasteiger partial charge < -0.3 is 4.90 Å². The number of benzene rings is 2. The van der Waals surface area contributed by atoms with Crippen LogP contribution in [-0.2, 0) is 4.79 Å². The van der Waals surface area contributed by atoms with Gasteiger partial charge in [0.1, 0.15) is 0 Å². The molecule has 1 saturated heterocycles. The van der Waals surface area contributed by atoms with E-state index in [0.717, 1.165) is 11.1 Å². The Bertz CT molecular complexity index is 705. The van der Waals surface area contributed by atoms with Crippen LogP contribution in [0.5, 0.6) is 0 Å². The minimum absolute atomic E-state index is 0.0810. The van der Waals surface area contributed by atoms with Crippen LogP contribution in [-0.4, -0.2) is 47.9 Å². The Hall–Kier alpha value is -2.66. The van der Waals surface area contributed by atoms with Gasteiger partial charge in [0.2, 0.25) is 5.91 Å². The molecule has 0 spiro atoms. The lowest BCUT2D eigenvalue weighted by Gasteiger charge is -2.34. The zero-order chi connectivity index (χ0) is 16.9. The van der Waals surface area contributed by atoms with Gasteiger partial charge in [0, 0.05) is 38.7 Å². The van der Waals surface area contributed by atoms with Crippen LogP contribution in [0.3, 0.4) is 0 Å². The molecular weight excluding hydrogens is 302 g/mol. The number of nitrogens with zero attached hydrogens (tertiary/aromatic N) is 2. The summed E-state index contributed by atoms with van der Waals surface area (Å²) in [6, 6.07) is 17.7. The molecule has 124 valence electrons. The first-order valence-corrected chi connectivity index (χ1v) is 8.10. The standard InChI is InChI=1S/C19H21N3O2/c1-15(23)21-11-13-22(14-12-21)20-19(24)18-9-7-17(8-10-18)16-5-3-2-4-6-16/h2-10H,11-14H2,1H3,(H,20,24). The molecule has 1 fully saturated rings. The third-order valence-corrected chi connectivity index (χ3v) is 4.24. The van der Waals surface area contributed by atoms with E-state index in [1.54, 1.807) is 11.8 Å². The Labute approximate surface area is 141 Å². The monoisotopic (exact) mass is 323 g/mol. The summed E-state index contributed by atoms with van der Waals surface area (Å²) in [4.78, 5) is 25.4. The molecule has 1 heterocycles. The fraction of sp³-hybridized carbons (Fsp3) is 0.263. The molecular formula is C19H21N3O2. The maximum absolute atomic E-state index is 12.3. The van der Waals surface area contributed by atoms with Crippen molar-refractivity contribution < 1.29 is 9.59 Å². The van der Waals surface area contributed by atoms with Crippen molar-refractivity contribution in [2.75, 3.05) is 26.2 Å². The Morgan fingerprint density at radius 3 is 2.00 bits per heavy atom. The van der Waals surface area contributed by atoms with E-state index in [1.807, 2.05) is 59.6 Å². The number of hydrogen-bond donors (Lipinski definition) is 1. The number of piperazine rings is 1. The highest BCUT2D eigenvalue weighted by molar-refractivity contribution is 5.94. The van der Waals surface area contributed by atoms with Gasteiger partial charge in [-0.15, -0.1) is 0 Å². The maximum atomic E-state index is 12.3. The predicted octanol–water partition coefficient (Wildman–Crippen LogP) is 2.16. The van der Waals surface area contributed by atoms with Gasteiger partial charge in [0.15, 0.2) is 0 Å². The zero-order valence-corrected chi connectivity index (χ0v) is 13.7. The van der Waals surface area contributed by atoms with E-state index in [2.05, 4.69) is 5.43 Å². The van der Waals surface area contributed by atoms with Crippen molar-refractivity contribution in [1.82, 2.24) is 15.3 Å². The van der Waals surface area contributed by atoms with Crippen molar-refractivity contribution >= 4 is 11.8 Å². The normalized spacial score (nSPS) is 15.1. The van der Waals surface area contributed by atoms with Crippen molar-refractivity contribution in [3.8, 4) is 11.1 Å². The number of hydrogen-bond acceptors (Lipinski definition) is 3. The lowest BCUT2D eigenvalue weighted by atomic mass is 10.0. The summed E-state index contributed by atoms with van der Waals surface area (Å²) in [5.74, 6) is -0.0386. The first kappa shape index (κ1) is 16.2. The molecule has 0 radical (unpaired) electrons. The van der Waals surface area contributed by atoms with Gasteiger partial charge in [-0.25, -0.2) is 5.01 Å². The van der Waals surface area contributed by atoms with E-state index in [9.17, 15) is 9.59 Å². The molecule has 5 nitrogen and oxygen atoms in total. The average molecular weight is 323 g/mol. The van der Waals surface area contributed by atoms with Crippen LogP contribution in [0.2, 0.25) is 0 Å². The molecule has 1 aliphatic rings. The molecule has 2 amide bonds. The first-order valence-electron chi connectivity index (χ1n) is 8.10. The number of carbonyl (C=O) groups is 2. The summed E-state index contributed by atoms with van der Waals surface area (Å²) in [6.45, 7) is 4.15. The molecule has 24 heavy (non-hydrogen) atoms. The van der Waals surface area contributed by atoms with Crippen molar-refractivity contribution in [1.29, 1.82) is 0 Å². The molecule has 1 aliphatic heterocycles. The Balaban J connectivity index is 1.59. The molecule has 0 unspecified atom stereocenters. The molecule has 1 N–H and O–H groups in total. The highest BCUT2D eigenvalue weighted by Crippen LogP contribution is 2.19. The summed E-state index contributed by atoms with van der Waals surface area (Å²) < 4.78 is 0. The fourth-order valence-corrected chi connectivity index (χ4v) is 2.79. The third-order valence-electron chi connectivity index (χ3n) is 4.24. The van der Waals surface area contributed by atoms with E-state index in [4.69, 9.17) is 0 Å². The molecule has 0 atom stereocenters. The van der Waals surface area contributed by atoms with Crippen LogP contribution < -0.4 is 5.43 Å². The van der Waals surface area contributed by atoms with Crippen LogP contribution >= 0.6 is 0 Å². The molecule has 3 rings (SSSR count). The van der Waals surface area contributed by atoms with E-state index >= 15 is 0 Å². The van der Waals surface area contributed by atoms with Crippen molar-refractivity contribution in [2.24, 2.45) is 0 Å². The van der Waals surface area contributed by atoms with Crippen molar-refractivity contribution in [2.45, 2.75) is 6.92 Å². The maximum Gasteiger partial charge on any atom is 0.265 e. The highest BCUT2D eigenvalue weighted by atomic mass is 16.2. The topological polar surface area (TPSA) is 52.7 Å². The van der Waals surface area contributed by atoms with E-state index < -0.39 is 0 Å². The SMILES string of the molecule is CC(=O)N1CCN(NC(=O)c2ccc(-c3ccccc3)cc2)CC1. The summed E-state index contributed by atoms with van der Waals surface area (Å²) in [7, 11) is 0. The molecule has 2 aromatic carbocycles. The molecule has 0 saturated carbocycles. The summed E-state index contributed by atoms with van der Waals surface area (Å²) >= 11 is 0. The second kappa shape index (κ2) is 7.27. The van der Waals surface area contributed by atoms with Crippen LogP contribution in [0.15, 0.2) is 54.6 Å². The van der Waals surface area contributed by atoms with Crippen LogP contribution in [0.4, 0.5) is 0 Å². The summed E-state index contributed by atoms with van der Waals surface area (Å²) in [5.41, 5.74) is 5.75. The van der Waals surface area contributed by atoms with Crippen LogP contribution in [0.1, 0.15) is 17.3 Å². The Morgan fingerprint density at radius 2 is 1.42 bits per heavy atom. The zero-order valence-electron chi connectivity index (χ0n) is 13.7. The summed E-state index contributed by atoms with van der Waals surface area (Å²) in [6.07, 6.45) is 0. The second-order valence-electron chi connectivity index (χ2n) is 5.88. The largest absolute Gasteiger partial charge is 0.340 e. The molecule has 0 aliphatic carbocycles. The summed E-state index contributed by atoms with van der Waals surface area (Å²) in [5, 5.41) is 1.87. The van der Waals surface area contributed by atoms with E-state index in [-0.39, 0.29) is 11.8 Å². The van der Waals surface area contributed by atoms with Gasteiger partial charge >= 0.3 is 0 Å².